The van der Waals surface area contributed by atoms with E-state index >= 15 is 0 Å². The van der Waals surface area contributed by atoms with E-state index in [9.17, 15) is 8.42 Å². The van der Waals surface area contributed by atoms with E-state index in [1.165, 1.54) is 0 Å². The Bertz CT molecular complexity index is 580. The van der Waals surface area contributed by atoms with Gasteiger partial charge in [0.1, 0.15) is 0 Å². The number of rotatable bonds is 5. The summed E-state index contributed by atoms with van der Waals surface area (Å²) in [7, 11) is -2.95. The Balaban J connectivity index is 1.64. The van der Waals surface area contributed by atoms with E-state index in [0.717, 1.165) is 25.9 Å². The third kappa shape index (κ3) is 3.44. The van der Waals surface area contributed by atoms with Gasteiger partial charge in [0.2, 0.25) is 5.89 Å². The molecule has 1 aromatic heterocycles. The van der Waals surface area contributed by atoms with Crippen LogP contribution in [0.3, 0.4) is 0 Å². The largest absolute Gasteiger partial charge is 0.339 e. The summed E-state index contributed by atoms with van der Waals surface area (Å²) >= 11 is 0. The molecule has 0 amide bonds. The van der Waals surface area contributed by atoms with Crippen LogP contribution in [0.1, 0.15) is 31.5 Å². The zero-order chi connectivity index (χ0) is 14.9. The van der Waals surface area contributed by atoms with Crippen LogP contribution in [0.25, 0.3) is 0 Å². The van der Waals surface area contributed by atoms with Crippen LogP contribution in [0.15, 0.2) is 4.52 Å². The normalized spacial score (nSPS) is 29.2. The minimum atomic E-state index is -2.95. The Kier molecular flexibility index (Phi) is 4.28. The molecule has 1 aromatic rings. The summed E-state index contributed by atoms with van der Waals surface area (Å²) in [6, 6.07) is 0.0340. The van der Waals surface area contributed by atoms with E-state index in [1.807, 2.05) is 6.92 Å². The Hall–Kier alpha value is -0.990. The van der Waals surface area contributed by atoms with Crippen LogP contribution >= 0.6 is 0 Å². The molecule has 2 aliphatic heterocycles. The van der Waals surface area contributed by atoms with E-state index in [-0.39, 0.29) is 23.6 Å². The standard InChI is InChI=1S/C13H22N4O3S/c1-2-13-15-12(16-20-13)7-14-10-8-21(18,19)9-11(10)17-5-3-4-6-17/h10-11,14H,2-9H2,1H3/t10-,11-/m0/s1. The molecule has 7 nitrogen and oxygen atoms in total. The molecule has 1 N–H and O–H groups in total. The van der Waals surface area contributed by atoms with Gasteiger partial charge < -0.3 is 9.84 Å². The highest BCUT2D eigenvalue weighted by Crippen LogP contribution is 2.22. The maximum atomic E-state index is 12.0. The zero-order valence-electron chi connectivity index (χ0n) is 12.3. The Morgan fingerprint density at radius 2 is 2.10 bits per heavy atom. The lowest BCUT2D eigenvalue weighted by Crippen LogP contribution is -2.48. The lowest BCUT2D eigenvalue weighted by atomic mass is 10.1. The molecule has 21 heavy (non-hydrogen) atoms. The van der Waals surface area contributed by atoms with E-state index in [1.54, 1.807) is 0 Å². The van der Waals surface area contributed by atoms with Crippen molar-refractivity contribution < 1.29 is 12.9 Å². The van der Waals surface area contributed by atoms with Crippen molar-refractivity contribution in [3.8, 4) is 0 Å². The first-order chi connectivity index (χ1) is 10.1. The zero-order valence-corrected chi connectivity index (χ0v) is 13.1. The van der Waals surface area contributed by atoms with Crippen molar-refractivity contribution in [2.45, 2.75) is 44.8 Å². The third-order valence-corrected chi connectivity index (χ3v) is 5.98. The average Bonchev–Trinajstić information content (AvgIpc) is 3.15. The molecular formula is C13H22N4O3S. The number of nitrogens with one attached hydrogen (secondary N) is 1. The van der Waals surface area contributed by atoms with Gasteiger partial charge in [-0.05, 0) is 25.9 Å². The second kappa shape index (κ2) is 6.02. The molecule has 0 unspecified atom stereocenters. The molecule has 2 saturated heterocycles. The third-order valence-electron chi connectivity index (χ3n) is 4.27. The van der Waals surface area contributed by atoms with E-state index in [2.05, 4.69) is 20.4 Å². The van der Waals surface area contributed by atoms with Crippen LogP contribution < -0.4 is 5.32 Å². The molecule has 2 fully saturated rings. The molecule has 0 spiro atoms. The molecule has 0 aromatic carbocycles. The quantitative estimate of drug-likeness (QED) is 0.817. The molecule has 8 heteroatoms. The van der Waals surface area contributed by atoms with Gasteiger partial charge in [-0.1, -0.05) is 12.1 Å². The molecule has 118 valence electrons. The van der Waals surface area contributed by atoms with Gasteiger partial charge in [0, 0.05) is 18.5 Å². The molecule has 2 atom stereocenters. The van der Waals surface area contributed by atoms with Crippen LogP contribution in [0.2, 0.25) is 0 Å². The number of likely N-dealkylation sites (tertiary alicyclic amines) is 1. The van der Waals surface area contributed by atoms with Gasteiger partial charge in [-0.15, -0.1) is 0 Å². The van der Waals surface area contributed by atoms with E-state index in [4.69, 9.17) is 4.52 Å². The number of nitrogens with zero attached hydrogens (tertiary/aromatic N) is 3. The second-order valence-electron chi connectivity index (χ2n) is 5.83. The van der Waals surface area contributed by atoms with Gasteiger partial charge in [0.15, 0.2) is 15.7 Å². The summed E-state index contributed by atoms with van der Waals surface area (Å²) in [5, 5.41) is 7.21. The second-order valence-corrected chi connectivity index (χ2v) is 7.99. The fourth-order valence-electron chi connectivity index (χ4n) is 3.19. The molecule has 0 saturated carbocycles. The lowest BCUT2D eigenvalue weighted by molar-refractivity contribution is 0.225. The summed E-state index contributed by atoms with van der Waals surface area (Å²) in [6.07, 6.45) is 3.03. The summed E-state index contributed by atoms with van der Waals surface area (Å²) < 4.78 is 29.0. The van der Waals surface area contributed by atoms with Crippen molar-refractivity contribution >= 4 is 9.84 Å². The minimum Gasteiger partial charge on any atom is -0.339 e. The summed E-state index contributed by atoms with van der Waals surface area (Å²) in [6.45, 7) is 4.41. The van der Waals surface area contributed by atoms with E-state index in [0.29, 0.717) is 24.7 Å². The fourth-order valence-corrected chi connectivity index (χ4v) is 5.17. The monoisotopic (exact) mass is 314 g/mol. The summed E-state index contributed by atoms with van der Waals surface area (Å²) in [5.74, 6) is 1.67. The Morgan fingerprint density at radius 3 is 2.76 bits per heavy atom. The Labute approximate surface area is 125 Å². The number of aromatic nitrogens is 2. The molecule has 3 rings (SSSR count). The first-order valence-corrected chi connectivity index (χ1v) is 9.39. The first kappa shape index (κ1) is 14.9. The maximum Gasteiger partial charge on any atom is 0.226 e. The maximum absolute atomic E-state index is 12.0. The highest BCUT2D eigenvalue weighted by molar-refractivity contribution is 7.91. The fraction of sp³-hybridized carbons (Fsp3) is 0.846. The number of aryl methyl sites for hydroxylation is 1. The predicted molar refractivity (Wildman–Crippen MR) is 77.6 cm³/mol. The molecule has 0 aliphatic carbocycles. The highest BCUT2D eigenvalue weighted by atomic mass is 32.2. The van der Waals surface area contributed by atoms with Gasteiger partial charge in [0.05, 0.1) is 18.1 Å². The van der Waals surface area contributed by atoms with Crippen molar-refractivity contribution in [3.05, 3.63) is 11.7 Å². The van der Waals surface area contributed by atoms with Crippen molar-refractivity contribution in [2.75, 3.05) is 24.6 Å². The Morgan fingerprint density at radius 1 is 1.33 bits per heavy atom. The van der Waals surface area contributed by atoms with Gasteiger partial charge in [-0.2, -0.15) is 4.98 Å². The molecular weight excluding hydrogens is 292 g/mol. The topological polar surface area (TPSA) is 88.3 Å². The van der Waals surface area contributed by atoms with Crippen molar-refractivity contribution in [1.29, 1.82) is 0 Å². The predicted octanol–water partition coefficient (Wildman–Crippen LogP) is -0.0170. The van der Waals surface area contributed by atoms with E-state index < -0.39 is 9.84 Å². The molecule has 0 radical (unpaired) electrons. The van der Waals surface area contributed by atoms with Crippen LogP contribution in [0.5, 0.6) is 0 Å². The van der Waals surface area contributed by atoms with Gasteiger partial charge in [0.25, 0.3) is 0 Å². The molecule has 0 bridgehead atoms. The number of hydrogen-bond acceptors (Lipinski definition) is 7. The van der Waals surface area contributed by atoms with Crippen LogP contribution in [0.4, 0.5) is 0 Å². The van der Waals surface area contributed by atoms with Crippen LogP contribution in [-0.2, 0) is 22.8 Å². The lowest BCUT2D eigenvalue weighted by Gasteiger charge is -2.28. The smallest absolute Gasteiger partial charge is 0.226 e. The van der Waals surface area contributed by atoms with Crippen molar-refractivity contribution in [2.24, 2.45) is 0 Å². The summed E-state index contributed by atoms with van der Waals surface area (Å²) in [4.78, 5) is 6.55. The molecule has 3 heterocycles. The van der Waals surface area contributed by atoms with Crippen molar-refractivity contribution in [3.63, 3.8) is 0 Å². The van der Waals surface area contributed by atoms with Gasteiger partial charge >= 0.3 is 0 Å². The molecule has 2 aliphatic rings. The van der Waals surface area contributed by atoms with Gasteiger partial charge in [-0.3, -0.25) is 4.90 Å². The first-order valence-electron chi connectivity index (χ1n) is 7.57. The average molecular weight is 314 g/mol. The number of sulfone groups is 1. The van der Waals surface area contributed by atoms with Crippen LogP contribution in [0, 0.1) is 0 Å². The minimum absolute atomic E-state index is 0.0447. The summed E-state index contributed by atoms with van der Waals surface area (Å²) in [5.41, 5.74) is 0. The van der Waals surface area contributed by atoms with Gasteiger partial charge in [-0.25, -0.2) is 8.42 Å². The van der Waals surface area contributed by atoms with Crippen molar-refractivity contribution in [1.82, 2.24) is 20.4 Å². The number of hydrogen-bond donors (Lipinski definition) is 1. The highest BCUT2D eigenvalue weighted by Gasteiger charge is 2.41. The van der Waals surface area contributed by atoms with Crippen LogP contribution in [-0.4, -0.2) is 60.1 Å². The SMILES string of the molecule is CCc1nc(CN[C@H]2CS(=O)(=O)C[C@@H]2N2CCCC2)no1.